The van der Waals surface area contributed by atoms with Crippen LogP contribution in [0.25, 0.3) is 0 Å². The Balaban J connectivity index is 1.44. The molecule has 0 spiro atoms. The number of nitrogens with one attached hydrogen (secondary N) is 1. The van der Waals surface area contributed by atoms with Gasteiger partial charge in [0.15, 0.2) is 0 Å². The maximum absolute atomic E-state index is 12.3. The number of hydrogen-bond donors (Lipinski definition) is 1. The molecule has 0 aliphatic carbocycles. The molecule has 5 nitrogen and oxygen atoms in total. The van der Waals surface area contributed by atoms with Crippen LogP contribution in [0.3, 0.4) is 0 Å². The zero-order valence-electron chi connectivity index (χ0n) is 15.4. The van der Waals surface area contributed by atoms with Gasteiger partial charge in [0.05, 0.1) is 18.2 Å². The SMILES string of the molecule is Cc1cc(Br)ccc1NC(=O)CN1CCN(Cc2ccc(C#N)cc2)CC1. The third-order valence-corrected chi connectivity index (χ3v) is 5.28. The fourth-order valence-corrected chi connectivity index (χ4v) is 3.68. The topological polar surface area (TPSA) is 59.4 Å². The number of carbonyl (C=O) groups is 1. The van der Waals surface area contributed by atoms with Crippen LogP contribution in [0.5, 0.6) is 0 Å². The molecule has 0 bridgehead atoms. The van der Waals surface area contributed by atoms with Crippen molar-refractivity contribution in [1.29, 1.82) is 5.26 Å². The summed E-state index contributed by atoms with van der Waals surface area (Å²) < 4.78 is 1.01. The molecule has 27 heavy (non-hydrogen) atoms. The third kappa shape index (κ3) is 5.64. The number of piperazine rings is 1. The van der Waals surface area contributed by atoms with E-state index < -0.39 is 0 Å². The minimum Gasteiger partial charge on any atom is -0.325 e. The van der Waals surface area contributed by atoms with Crippen molar-refractivity contribution >= 4 is 27.5 Å². The Kier molecular flexibility index (Phi) is 6.62. The van der Waals surface area contributed by atoms with Gasteiger partial charge in [-0.25, -0.2) is 0 Å². The number of halogens is 1. The van der Waals surface area contributed by atoms with Crippen molar-refractivity contribution in [2.45, 2.75) is 13.5 Å². The first kappa shape index (κ1) is 19.6. The molecule has 1 aliphatic heterocycles. The fraction of sp³-hybridized carbons (Fsp3) is 0.333. The van der Waals surface area contributed by atoms with Crippen LogP contribution in [0.2, 0.25) is 0 Å². The minimum absolute atomic E-state index is 0.0287. The van der Waals surface area contributed by atoms with Crippen LogP contribution >= 0.6 is 15.9 Å². The molecule has 0 radical (unpaired) electrons. The highest BCUT2D eigenvalue weighted by atomic mass is 79.9. The summed E-state index contributed by atoms with van der Waals surface area (Å²) in [7, 11) is 0. The van der Waals surface area contributed by atoms with Crippen LogP contribution in [0.1, 0.15) is 16.7 Å². The van der Waals surface area contributed by atoms with E-state index in [9.17, 15) is 4.79 Å². The number of benzene rings is 2. The summed E-state index contributed by atoms with van der Waals surface area (Å²) in [4.78, 5) is 16.9. The van der Waals surface area contributed by atoms with Crippen LogP contribution < -0.4 is 5.32 Å². The molecule has 2 aromatic rings. The lowest BCUT2D eigenvalue weighted by molar-refractivity contribution is -0.117. The Hall–Kier alpha value is -2.20. The molecule has 6 heteroatoms. The molecule has 1 amide bonds. The van der Waals surface area contributed by atoms with Gasteiger partial charge < -0.3 is 5.32 Å². The van der Waals surface area contributed by atoms with Crippen molar-refractivity contribution in [3.63, 3.8) is 0 Å². The van der Waals surface area contributed by atoms with Gasteiger partial charge in [0.25, 0.3) is 0 Å². The number of rotatable bonds is 5. The molecule has 0 atom stereocenters. The summed E-state index contributed by atoms with van der Waals surface area (Å²) in [6.45, 7) is 6.91. The maximum atomic E-state index is 12.3. The highest BCUT2D eigenvalue weighted by Gasteiger charge is 2.19. The molecule has 2 aromatic carbocycles. The molecule has 0 unspecified atom stereocenters. The van der Waals surface area contributed by atoms with Crippen molar-refractivity contribution in [3.05, 3.63) is 63.6 Å². The van der Waals surface area contributed by atoms with E-state index >= 15 is 0 Å². The van der Waals surface area contributed by atoms with E-state index in [2.05, 4.69) is 37.1 Å². The Bertz CT molecular complexity index is 836. The van der Waals surface area contributed by atoms with Crippen molar-refractivity contribution in [3.8, 4) is 6.07 Å². The molecular weight excluding hydrogens is 404 g/mol. The molecule has 140 valence electrons. The molecule has 3 rings (SSSR count). The first-order chi connectivity index (χ1) is 13.0. The first-order valence-corrected chi connectivity index (χ1v) is 9.82. The smallest absolute Gasteiger partial charge is 0.238 e. The van der Waals surface area contributed by atoms with E-state index in [0.717, 1.165) is 48.4 Å². The standard InChI is InChI=1S/C21H23BrN4O/c1-16-12-19(22)6-7-20(16)24-21(27)15-26-10-8-25(9-11-26)14-18-4-2-17(13-23)3-5-18/h2-7,12H,8-11,14-15H2,1H3,(H,24,27). The third-order valence-electron chi connectivity index (χ3n) is 4.78. The van der Waals surface area contributed by atoms with Crippen LogP contribution in [-0.2, 0) is 11.3 Å². The number of aryl methyl sites for hydroxylation is 1. The van der Waals surface area contributed by atoms with Gasteiger partial charge in [0, 0.05) is 42.9 Å². The van der Waals surface area contributed by atoms with E-state index in [0.29, 0.717) is 12.1 Å². The molecule has 1 aliphatic rings. The summed E-state index contributed by atoms with van der Waals surface area (Å²) in [5.41, 5.74) is 3.81. The predicted octanol–water partition coefficient (Wildman–Crippen LogP) is 3.39. The number of carbonyl (C=O) groups excluding carboxylic acids is 1. The number of anilines is 1. The quantitative estimate of drug-likeness (QED) is 0.795. The van der Waals surface area contributed by atoms with Crippen molar-refractivity contribution in [2.24, 2.45) is 0 Å². The molecule has 1 N–H and O–H groups in total. The second-order valence-corrected chi connectivity index (χ2v) is 7.78. The van der Waals surface area contributed by atoms with Gasteiger partial charge in [-0.1, -0.05) is 28.1 Å². The fourth-order valence-electron chi connectivity index (χ4n) is 3.21. The Morgan fingerprint density at radius 1 is 1.11 bits per heavy atom. The van der Waals surface area contributed by atoms with Gasteiger partial charge in [-0.2, -0.15) is 5.26 Å². The summed E-state index contributed by atoms with van der Waals surface area (Å²) >= 11 is 3.44. The summed E-state index contributed by atoms with van der Waals surface area (Å²) in [6, 6.07) is 15.7. The average molecular weight is 427 g/mol. The maximum Gasteiger partial charge on any atom is 0.238 e. The van der Waals surface area contributed by atoms with Gasteiger partial charge in [-0.3, -0.25) is 14.6 Å². The minimum atomic E-state index is 0.0287. The van der Waals surface area contributed by atoms with E-state index in [-0.39, 0.29) is 5.91 Å². The van der Waals surface area contributed by atoms with E-state index in [1.54, 1.807) is 0 Å². The van der Waals surface area contributed by atoms with Gasteiger partial charge >= 0.3 is 0 Å². The molecule has 1 fully saturated rings. The second kappa shape index (κ2) is 9.14. The number of amides is 1. The van der Waals surface area contributed by atoms with Crippen LogP contribution in [0.15, 0.2) is 46.9 Å². The monoisotopic (exact) mass is 426 g/mol. The highest BCUT2D eigenvalue weighted by Crippen LogP contribution is 2.20. The number of nitriles is 1. The zero-order valence-corrected chi connectivity index (χ0v) is 17.0. The van der Waals surface area contributed by atoms with Gasteiger partial charge in [-0.15, -0.1) is 0 Å². The lowest BCUT2D eigenvalue weighted by atomic mass is 10.1. The number of nitrogens with zero attached hydrogens (tertiary/aromatic N) is 3. The van der Waals surface area contributed by atoms with E-state index in [4.69, 9.17) is 5.26 Å². The largest absolute Gasteiger partial charge is 0.325 e. The van der Waals surface area contributed by atoms with Crippen LogP contribution in [0.4, 0.5) is 5.69 Å². The summed E-state index contributed by atoms with van der Waals surface area (Å²) in [5, 5.41) is 11.9. The molecule has 1 heterocycles. The van der Waals surface area contributed by atoms with Gasteiger partial charge in [-0.05, 0) is 48.4 Å². The second-order valence-electron chi connectivity index (χ2n) is 6.87. The normalized spacial score (nSPS) is 15.3. The van der Waals surface area contributed by atoms with Gasteiger partial charge in [0.2, 0.25) is 5.91 Å². The lowest BCUT2D eigenvalue weighted by Crippen LogP contribution is -2.48. The molecular formula is C21H23BrN4O. The molecule has 0 saturated carbocycles. The summed E-state index contributed by atoms with van der Waals surface area (Å²) in [6.07, 6.45) is 0. The Morgan fingerprint density at radius 3 is 2.41 bits per heavy atom. The van der Waals surface area contributed by atoms with Gasteiger partial charge in [0.1, 0.15) is 0 Å². The van der Waals surface area contributed by atoms with Crippen LogP contribution in [0, 0.1) is 18.3 Å². The number of hydrogen-bond acceptors (Lipinski definition) is 4. The van der Waals surface area contributed by atoms with E-state index in [1.807, 2.05) is 49.4 Å². The predicted molar refractivity (Wildman–Crippen MR) is 110 cm³/mol. The van der Waals surface area contributed by atoms with Crippen molar-refractivity contribution in [1.82, 2.24) is 9.80 Å². The first-order valence-electron chi connectivity index (χ1n) is 9.03. The zero-order chi connectivity index (χ0) is 19.2. The van der Waals surface area contributed by atoms with Crippen LogP contribution in [-0.4, -0.2) is 48.4 Å². The molecule has 0 aromatic heterocycles. The Morgan fingerprint density at radius 2 is 1.78 bits per heavy atom. The molecule has 1 saturated heterocycles. The van der Waals surface area contributed by atoms with Crippen molar-refractivity contribution < 1.29 is 4.79 Å². The summed E-state index contributed by atoms with van der Waals surface area (Å²) in [5.74, 6) is 0.0287. The average Bonchev–Trinajstić information content (AvgIpc) is 2.66. The highest BCUT2D eigenvalue weighted by molar-refractivity contribution is 9.10. The van der Waals surface area contributed by atoms with E-state index in [1.165, 1.54) is 5.56 Å². The Labute approximate surface area is 168 Å². The van der Waals surface area contributed by atoms with Crippen molar-refractivity contribution in [2.75, 3.05) is 38.0 Å². The lowest BCUT2D eigenvalue weighted by Gasteiger charge is -2.34.